The normalized spacial score (nSPS) is 40.0. The molecule has 340 valence electrons. The number of halogens is 1. The molecule has 4 aromatic heterocycles. The molecule has 8 rings (SSSR count). The molecule has 4 aromatic rings. The lowest BCUT2D eigenvalue weighted by atomic mass is 9.89. The van der Waals surface area contributed by atoms with Crippen LogP contribution >= 0.6 is 12.4 Å². The SMILES string of the molecule is Cl.Nc1ncnc2c1ncn2[C@@H]1O[C@H](C(O)C2O[C@H](CO)[C@@H](O)[C@H](O)[C@H]2O)[C@@H](O)[C@H]1O.Nc1ncnc2c1ncn2[C@@H]1O[C@H](C(O)C2O[C@H](CO)[C@@H](O)[C@H](O)[C@H]2O)[C@@H](O)[C@H]1O. The Morgan fingerprint density at radius 3 is 1.15 bits per heavy atom. The van der Waals surface area contributed by atoms with E-state index < -0.39 is 136 Å². The number of aliphatic hydroxyl groups excluding tert-OH is 14. The first-order valence-corrected chi connectivity index (χ1v) is 18.4. The number of rotatable bonds is 8. The highest BCUT2D eigenvalue weighted by Gasteiger charge is 2.56. The van der Waals surface area contributed by atoms with Crippen LogP contribution in [0.5, 0.6) is 0 Å². The van der Waals surface area contributed by atoms with E-state index in [1.807, 2.05) is 0 Å². The molecule has 0 spiro atoms. The lowest BCUT2D eigenvalue weighted by Gasteiger charge is -2.43. The molecule has 20 atom stereocenters. The smallest absolute Gasteiger partial charge is 0.167 e. The maximum absolute atomic E-state index is 10.7. The number of nitrogens with zero attached hydrogens (tertiary/aromatic N) is 8. The zero-order valence-electron chi connectivity index (χ0n) is 31.3. The van der Waals surface area contributed by atoms with Crippen molar-refractivity contribution < 1.29 is 90.4 Å². The molecular formula is C32H47ClN10O18. The summed E-state index contributed by atoms with van der Waals surface area (Å²) in [4.78, 5) is 23.8. The Morgan fingerprint density at radius 1 is 0.475 bits per heavy atom. The van der Waals surface area contributed by atoms with E-state index in [0.29, 0.717) is 0 Å². The zero-order chi connectivity index (χ0) is 43.5. The second-order valence-electron chi connectivity index (χ2n) is 14.7. The fourth-order valence-electron chi connectivity index (χ4n) is 7.71. The predicted octanol–water partition coefficient (Wildman–Crippen LogP) is -9.12. The summed E-state index contributed by atoms with van der Waals surface area (Å²) >= 11 is 0. The summed E-state index contributed by atoms with van der Waals surface area (Å²) in [6.07, 6.45) is -25.9. The van der Waals surface area contributed by atoms with Crippen molar-refractivity contribution >= 4 is 46.4 Å². The van der Waals surface area contributed by atoms with E-state index in [1.54, 1.807) is 0 Å². The highest BCUT2D eigenvalue weighted by molar-refractivity contribution is 5.85. The van der Waals surface area contributed by atoms with Crippen LogP contribution in [-0.4, -0.2) is 234 Å². The Bertz CT molecular complexity index is 1950. The molecule has 4 saturated heterocycles. The molecule has 0 aromatic carbocycles. The van der Waals surface area contributed by atoms with Gasteiger partial charge in [-0.15, -0.1) is 12.4 Å². The largest absolute Gasteiger partial charge is 0.394 e. The van der Waals surface area contributed by atoms with Crippen molar-refractivity contribution in [1.82, 2.24) is 39.0 Å². The molecule has 0 aliphatic carbocycles. The Labute approximate surface area is 347 Å². The number of hydrogen-bond donors (Lipinski definition) is 16. The van der Waals surface area contributed by atoms with Crippen LogP contribution in [0, 0.1) is 0 Å². The van der Waals surface area contributed by atoms with E-state index in [9.17, 15) is 71.5 Å². The number of ether oxygens (including phenoxy) is 4. The van der Waals surface area contributed by atoms with Gasteiger partial charge in [0, 0.05) is 0 Å². The number of imidazole rings is 2. The molecule has 0 amide bonds. The molecule has 0 bridgehead atoms. The van der Waals surface area contributed by atoms with Crippen molar-refractivity contribution in [3.8, 4) is 0 Å². The Hall–Kier alpha value is -3.73. The van der Waals surface area contributed by atoms with Gasteiger partial charge in [-0.3, -0.25) is 9.13 Å². The molecule has 8 heterocycles. The third-order valence-electron chi connectivity index (χ3n) is 11.1. The lowest BCUT2D eigenvalue weighted by Crippen LogP contribution is -2.63. The standard InChI is InChI=1S/2C16H23N5O9.ClH/c2*17-14-5-15(19-2-18-14)21(3-20-5)16-10(27)9(26)13(30-16)11(28)12-8(25)7(24)6(23)4(1-22)29-12;/h2*2-4,6-13,16,22-28H,1H2,(H2,17,18,19);1H/t2*4-,6-,7+,8-,9+,10-,11?,12?,13+,16-;/m11./s1. The first kappa shape index (κ1) is 46.8. The van der Waals surface area contributed by atoms with Gasteiger partial charge in [0.1, 0.15) is 134 Å². The molecular weight excluding hydrogens is 848 g/mol. The monoisotopic (exact) mass is 894 g/mol. The third kappa shape index (κ3) is 8.19. The number of nitrogens with two attached hydrogens (primary N) is 2. The van der Waals surface area contributed by atoms with Gasteiger partial charge >= 0.3 is 0 Å². The first-order chi connectivity index (χ1) is 28.5. The van der Waals surface area contributed by atoms with Crippen molar-refractivity contribution in [3.63, 3.8) is 0 Å². The maximum Gasteiger partial charge on any atom is 0.167 e. The van der Waals surface area contributed by atoms with Crippen molar-refractivity contribution in [3.05, 3.63) is 25.3 Å². The van der Waals surface area contributed by atoms with Gasteiger partial charge < -0.3 is 102 Å². The lowest BCUT2D eigenvalue weighted by molar-refractivity contribution is -0.262. The van der Waals surface area contributed by atoms with Crippen molar-refractivity contribution in [2.75, 3.05) is 24.7 Å². The molecule has 4 aliphatic heterocycles. The van der Waals surface area contributed by atoms with Crippen LogP contribution < -0.4 is 11.5 Å². The van der Waals surface area contributed by atoms with E-state index in [4.69, 9.17) is 30.4 Å². The molecule has 4 fully saturated rings. The third-order valence-corrected chi connectivity index (χ3v) is 11.1. The van der Waals surface area contributed by atoms with Gasteiger partial charge in [-0.1, -0.05) is 0 Å². The van der Waals surface area contributed by atoms with Crippen LogP contribution in [0.25, 0.3) is 22.3 Å². The second-order valence-corrected chi connectivity index (χ2v) is 14.7. The number of anilines is 2. The van der Waals surface area contributed by atoms with Gasteiger partial charge in [-0.2, -0.15) is 0 Å². The maximum atomic E-state index is 10.7. The Kier molecular flexibility index (Phi) is 14.2. The summed E-state index contributed by atoms with van der Waals surface area (Å²) in [7, 11) is 0. The van der Waals surface area contributed by atoms with Gasteiger partial charge in [-0.25, -0.2) is 29.9 Å². The van der Waals surface area contributed by atoms with E-state index >= 15 is 0 Å². The molecule has 18 N–H and O–H groups in total. The van der Waals surface area contributed by atoms with Gasteiger partial charge in [0.25, 0.3) is 0 Å². The van der Waals surface area contributed by atoms with E-state index in [2.05, 4.69) is 29.9 Å². The molecule has 29 heteroatoms. The van der Waals surface area contributed by atoms with Crippen LogP contribution in [0.15, 0.2) is 25.3 Å². The van der Waals surface area contributed by atoms with E-state index in [0.717, 1.165) is 0 Å². The number of fused-ring (bicyclic) bond motifs is 2. The molecule has 28 nitrogen and oxygen atoms in total. The van der Waals surface area contributed by atoms with Gasteiger partial charge in [0.15, 0.2) is 35.4 Å². The quantitative estimate of drug-likeness (QED) is 0.0781. The van der Waals surface area contributed by atoms with Crippen LogP contribution in [0.3, 0.4) is 0 Å². The number of nitrogen functional groups attached to an aromatic ring is 2. The highest BCUT2D eigenvalue weighted by atomic mass is 35.5. The summed E-state index contributed by atoms with van der Waals surface area (Å²) in [6, 6.07) is 0. The summed E-state index contributed by atoms with van der Waals surface area (Å²) in [6.45, 7) is -1.37. The molecule has 4 aliphatic rings. The topological polar surface area (TPSA) is 459 Å². The molecule has 0 radical (unpaired) electrons. The Morgan fingerprint density at radius 2 is 0.803 bits per heavy atom. The van der Waals surface area contributed by atoms with E-state index in [1.165, 1.54) is 34.4 Å². The molecule has 0 saturated carbocycles. The summed E-state index contributed by atoms with van der Waals surface area (Å²) in [5.41, 5.74) is 12.4. The number of aromatic nitrogens is 8. The molecule has 4 unspecified atom stereocenters. The second kappa shape index (κ2) is 18.5. The molecule has 61 heavy (non-hydrogen) atoms. The zero-order valence-corrected chi connectivity index (χ0v) is 32.1. The fourth-order valence-corrected chi connectivity index (χ4v) is 7.71. The van der Waals surface area contributed by atoms with Crippen LogP contribution in [-0.2, 0) is 18.9 Å². The van der Waals surface area contributed by atoms with Gasteiger partial charge in [0.2, 0.25) is 0 Å². The van der Waals surface area contributed by atoms with Crippen molar-refractivity contribution in [2.45, 2.75) is 122 Å². The minimum atomic E-state index is -1.74. The number of aliphatic hydroxyl groups is 14. The van der Waals surface area contributed by atoms with Crippen molar-refractivity contribution in [1.29, 1.82) is 0 Å². The fraction of sp³-hybridized carbons (Fsp3) is 0.688. The van der Waals surface area contributed by atoms with Crippen LogP contribution in [0.1, 0.15) is 12.5 Å². The predicted molar refractivity (Wildman–Crippen MR) is 198 cm³/mol. The minimum absolute atomic E-state index is 0. The van der Waals surface area contributed by atoms with E-state index in [-0.39, 0.29) is 46.4 Å². The van der Waals surface area contributed by atoms with Crippen LogP contribution in [0.2, 0.25) is 0 Å². The minimum Gasteiger partial charge on any atom is -0.394 e. The van der Waals surface area contributed by atoms with Crippen molar-refractivity contribution in [2.24, 2.45) is 0 Å². The summed E-state index contributed by atoms with van der Waals surface area (Å²) < 4.78 is 24.5. The first-order valence-electron chi connectivity index (χ1n) is 18.4. The average molecular weight is 895 g/mol. The average Bonchev–Trinajstić information content (AvgIpc) is 4.01. The van der Waals surface area contributed by atoms with Gasteiger partial charge in [0.05, 0.1) is 25.9 Å². The highest BCUT2D eigenvalue weighted by Crippen LogP contribution is 2.38. The van der Waals surface area contributed by atoms with Crippen LogP contribution in [0.4, 0.5) is 11.6 Å². The Balaban J connectivity index is 0.000000201. The van der Waals surface area contributed by atoms with Gasteiger partial charge in [-0.05, 0) is 0 Å². The summed E-state index contributed by atoms with van der Waals surface area (Å²) in [5, 5.41) is 142. The number of hydrogen-bond acceptors (Lipinski definition) is 26. The summed E-state index contributed by atoms with van der Waals surface area (Å²) in [5.74, 6) is 0.203.